The monoisotopic (exact) mass is 498 g/mol. The van der Waals surface area contributed by atoms with Crippen LogP contribution in [0.3, 0.4) is 0 Å². The van der Waals surface area contributed by atoms with Crippen molar-refractivity contribution in [3.63, 3.8) is 0 Å². The highest BCUT2D eigenvalue weighted by Gasteiger charge is 2.30. The van der Waals surface area contributed by atoms with Crippen molar-refractivity contribution in [3.05, 3.63) is 58.6 Å². The average molecular weight is 499 g/mol. The van der Waals surface area contributed by atoms with E-state index in [1.54, 1.807) is 0 Å². The van der Waals surface area contributed by atoms with E-state index in [-0.39, 0.29) is 12.1 Å². The van der Waals surface area contributed by atoms with E-state index in [1.807, 2.05) is 43.9 Å². The number of hydrogen-bond donors (Lipinski definition) is 1. The lowest BCUT2D eigenvalue weighted by atomic mass is 10.0. The normalized spacial score (nSPS) is 16.9. The van der Waals surface area contributed by atoms with Crippen LogP contribution in [0.15, 0.2) is 53.0 Å². The molecular weight excluding hydrogens is 468 g/mol. The standard InChI is InChI=1S/C25H31BrN4O2/c1-25(2,3)32-24(31)29-15-7-6-8-20(29)16-27-23-28-21-9-4-5-10-22(21)30(23)17-18-11-13-19(26)14-12-18/h4-5,9-14,20H,6-8,15-17H2,1-3H3,(H,27,28). The highest BCUT2D eigenvalue weighted by molar-refractivity contribution is 9.10. The molecule has 0 aliphatic carbocycles. The van der Waals surface area contributed by atoms with Crippen LogP contribution in [0.2, 0.25) is 0 Å². The number of benzene rings is 2. The Morgan fingerprint density at radius 1 is 1.16 bits per heavy atom. The lowest BCUT2D eigenvalue weighted by molar-refractivity contribution is 0.0114. The predicted octanol–water partition coefficient (Wildman–Crippen LogP) is 6.05. The minimum Gasteiger partial charge on any atom is -0.444 e. The molecule has 3 aromatic rings. The Labute approximate surface area is 198 Å². The Balaban J connectivity index is 1.54. The number of nitrogens with zero attached hydrogens (tertiary/aromatic N) is 3. The van der Waals surface area contributed by atoms with Crippen LogP contribution in [0.25, 0.3) is 11.0 Å². The molecule has 1 fully saturated rings. The van der Waals surface area contributed by atoms with Crippen molar-refractivity contribution >= 4 is 39.0 Å². The molecule has 0 saturated carbocycles. The molecule has 6 nitrogen and oxygen atoms in total. The third-order valence-electron chi connectivity index (χ3n) is 5.66. The van der Waals surface area contributed by atoms with Gasteiger partial charge in [-0.15, -0.1) is 0 Å². The Morgan fingerprint density at radius 2 is 1.91 bits per heavy atom. The van der Waals surface area contributed by atoms with Crippen molar-refractivity contribution in [2.24, 2.45) is 0 Å². The van der Waals surface area contributed by atoms with Crippen LogP contribution in [0.4, 0.5) is 10.7 Å². The van der Waals surface area contributed by atoms with Crippen LogP contribution in [0.1, 0.15) is 45.6 Å². The second kappa shape index (κ2) is 9.53. The molecule has 1 atom stereocenters. The lowest BCUT2D eigenvalue weighted by Crippen LogP contribution is -2.49. The molecule has 0 spiro atoms. The van der Waals surface area contributed by atoms with E-state index >= 15 is 0 Å². The van der Waals surface area contributed by atoms with E-state index in [4.69, 9.17) is 9.72 Å². The molecule has 2 heterocycles. The van der Waals surface area contributed by atoms with Gasteiger partial charge in [-0.1, -0.05) is 40.2 Å². The van der Waals surface area contributed by atoms with Gasteiger partial charge in [-0.2, -0.15) is 0 Å². The Morgan fingerprint density at radius 3 is 2.66 bits per heavy atom. The van der Waals surface area contributed by atoms with Gasteiger partial charge in [0.15, 0.2) is 0 Å². The molecule has 1 aromatic heterocycles. The van der Waals surface area contributed by atoms with Crippen molar-refractivity contribution in [3.8, 4) is 0 Å². The first-order chi connectivity index (χ1) is 15.3. The number of likely N-dealkylation sites (tertiary alicyclic amines) is 1. The summed E-state index contributed by atoms with van der Waals surface area (Å²) in [5, 5.41) is 3.54. The van der Waals surface area contributed by atoms with Crippen LogP contribution in [0, 0.1) is 0 Å². The summed E-state index contributed by atoms with van der Waals surface area (Å²) in [5.41, 5.74) is 2.75. The van der Waals surface area contributed by atoms with Crippen molar-refractivity contribution in [1.82, 2.24) is 14.5 Å². The fourth-order valence-electron chi connectivity index (χ4n) is 4.13. The third-order valence-corrected chi connectivity index (χ3v) is 6.19. The zero-order valence-electron chi connectivity index (χ0n) is 19.0. The van der Waals surface area contributed by atoms with Gasteiger partial charge < -0.3 is 19.5 Å². The minimum atomic E-state index is -0.495. The molecule has 4 rings (SSSR count). The highest BCUT2D eigenvalue weighted by atomic mass is 79.9. The molecule has 1 unspecified atom stereocenters. The van der Waals surface area contributed by atoms with E-state index in [0.717, 1.165) is 53.8 Å². The SMILES string of the molecule is CC(C)(C)OC(=O)N1CCCCC1CNc1nc2ccccc2n1Cc1ccc(Br)cc1. The molecule has 2 aromatic carbocycles. The molecule has 32 heavy (non-hydrogen) atoms. The van der Waals surface area contributed by atoms with Gasteiger partial charge >= 0.3 is 6.09 Å². The number of carbonyl (C=O) groups is 1. The Bertz CT molecular complexity index is 1070. The maximum atomic E-state index is 12.8. The summed E-state index contributed by atoms with van der Waals surface area (Å²) in [6, 6.07) is 16.6. The molecule has 1 saturated heterocycles. The van der Waals surface area contributed by atoms with E-state index in [0.29, 0.717) is 6.54 Å². The molecule has 1 aliphatic heterocycles. The third kappa shape index (κ3) is 5.44. The quantitative estimate of drug-likeness (QED) is 0.465. The molecule has 1 amide bonds. The van der Waals surface area contributed by atoms with E-state index < -0.39 is 5.60 Å². The number of imidazole rings is 1. The van der Waals surface area contributed by atoms with Crippen LogP contribution in [-0.2, 0) is 11.3 Å². The maximum Gasteiger partial charge on any atom is 0.410 e. The topological polar surface area (TPSA) is 59.4 Å². The average Bonchev–Trinajstić information content (AvgIpc) is 3.10. The zero-order valence-corrected chi connectivity index (χ0v) is 20.6. The number of carbonyl (C=O) groups excluding carboxylic acids is 1. The number of halogens is 1. The maximum absolute atomic E-state index is 12.8. The van der Waals surface area contributed by atoms with Crippen molar-refractivity contribution in [2.75, 3.05) is 18.4 Å². The summed E-state index contributed by atoms with van der Waals surface area (Å²) in [7, 11) is 0. The summed E-state index contributed by atoms with van der Waals surface area (Å²) in [6.45, 7) is 7.82. The summed E-state index contributed by atoms with van der Waals surface area (Å²) < 4.78 is 8.93. The molecule has 1 aliphatic rings. The van der Waals surface area contributed by atoms with E-state index in [2.05, 4.69) is 56.1 Å². The first-order valence-electron chi connectivity index (χ1n) is 11.2. The zero-order chi connectivity index (χ0) is 22.7. The molecule has 170 valence electrons. The fraction of sp³-hybridized carbons (Fsp3) is 0.440. The largest absolute Gasteiger partial charge is 0.444 e. The van der Waals surface area contributed by atoms with Crippen molar-refractivity contribution in [2.45, 2.75) is 58.2 Å². The number of piperidine rings is 1. The number of aromatic nitrogens is 2. The number of anilines is 1. The van der Waals surface area contributed by atoms with E-state index in [1.165, 1.54) is 5.56 Å². The molecule has 1 N–H and O–H groups in total. The smallest absolute Gasteiger partial charge is 0.410 e. The van der Waals surface area contributed by atoms with E-state index in [9.17, 15) is 4.79 Å². The number of nitrogens with one attached hydrogen (secondary N) is 1. The first kappa shape index (κ1) is 22.6. The van der Waals surface area contributed by atoms with Gasteiger partial charge in [0.05, 0.1) is 23.6 Å². The van der Waals surface area contributed by atoms with Crippen LogP contribution in [-0.4, -0.2) is 45.3 Å². The van der Waals surface area contributed by atoms with Gasteiger partial charge in [0.25, 0.3) is 0 Å². The summed E-state index contributed by atoms with van der Waals surface area (Å²) in [6.07, 6.45) is 2.85. The minimum absolute atomic E-state index is 0.0829. The molecule has 0 bridgehead atoms. The summed E-state index contributed by atoms with van der Waals surface area (Å²) >= 11 is 3.51. The number of ether oxygens (including phenoxy) is 1. The summed E-state index contributed by atoms with van der Waals surface area (Å²) in [4.78, 5) is 19.5. The van der Waals surface area contributed by atoms with Gasteiger partial charge in [-0.05, 0) is 69.9 Å². The number of para-hydroxylation sites is 2. The van der Waals surface area contributed by atoms with Gasteiger partial charge in [0.2, 0.25) is 5.95 Å². The van der Waals surface area contributed by atoms with Crippen molar-refractivity contribution in [1.29, 1.82) is 0 Å². The van der Waals surface area contributed by atoms with Gasteiger partial charge in [0.1, 0.15) is 5.60 Å². The lowest BCUT2D eigenvalue weighted by Gasteiger charge is -2.36. The second-order valence-corrected chi connectivity index (χ2v) is 10.3. The molecule has 0 radical (unpaired) electrons. The molecular formula is C25H31BrN4O2. The van der Waals surface area contributed by atoms with Crippen molar-refractivity contribution < 1.29 is 9.53 Å². The highest BCUT2D eigenvalue weighted by Crippen LogP contribution is 2.24. The number of hydrogen-bond acceptors (Lipinski definition) is 4. The number of fused-ring (bicyclic) bond motifs is 1. The van der Waals surface area contributed by atoms with Gasteiger partial charge in [-0.25, -0.2) is 9.78 Å². The van der Waals surface area contributed by atoms with Crippen LogP contribution < -0.4 is 5.32 Å². The van der Waals surface area contributed by atoms with Crippen LogP contribution in [0.5, 0.6) is 0 Å². The predicted molar refractivity (Wildman–Crippen MR) is 132 cm³/mol. The molecule has 7 heteroatoms. The number of rotatable bonds is 5. The van der Waals surface area contributed by atoms with Crippen LogP contribution >= 0.6 is 15.9 Å². The second-order valence-electron chi connectivity index (χ2n) is 9.34. The Kier molecular flexibility index (Phi) is 6.74. The Hall–Kier alpha value is -2.54. The van der Waals surface area contributed by atoms with Gasteiger partial charge in [0, 0.05) is 17.6 Å². The first-order valence-corrected chi connectivity index (χ1v) is 12.0. The fourth-order valence-corrected chi connectivity index (χ4v) is 4.39. The van der Waals surface area contributed by atoms with Gasteiger partial charge in [-0.3, -0.25) is 0 Å². The summed E-state index contributed by atoms with van der Waals surface area (Å²) in [5.74, 6) is 0.823. The number of amides is 1.